The summed E-state index contributed by atoms with van der Waals surface area (Å²) >= 11 is 0.900. The summed E-state index contributed by atoms with van der Waals surface area (Å²) in [4.78, 5) is 10.7. The molecule has 1 aromatic carbocycles. The Hall–Kier alpha value is -1.70. The Balaban J connectivity index is 2.00. The predicted molar refractivity (Wildman–Crippen MR) is 90.7 cm³/mol. The van der Waals surface area contributed by atoms with Gasteiger partial charge in [0.25, 0.3) is 0 Å². The fourth-order valence-electron chi connectivity index (χ4n) is 2.14. The van der Waals surface area contributed by atoms with Gasteiger partial charge in [0, 0.05) is 6.54 Å². The molecule has 0 spiro atoms. The second kappa shape index (κ2) is 7.25. The van der Waals surface area contributed by atoms with Gasteiger partial charge in [-0.15, -0.1) is 11.3 Å². The molecule has 1 aromatic heterocycles. The van der Waals surface area contributed by atoms with Gasteiger partial charge in [-0.1, -0.05) is 38.1 Å². The van der Waals surface area contributed by atoms with Crippen molar-refractivity contribution in [3.8, 4) is 0 Å². The number of hydrogen-bond acceptors (Lipinski definition) is 4. The minimum atomic E-state index is -3.80. The largest absolute Gasteiger partial charge is 0.477 e. The fourth-order valence-corrected chi connectivity index (χ4v) is 4.43. The van der Waals surface area contributed by atoms with E-state index < -0.39 is 16.0 Å². The Morgan fingerprint density at radius 1 is 1.22 bits per heavy atom. The summed E-state index contributed by atoms with van der Waals surface area (Å²) in [5.74, 6) is -0.778. The van der Waals surface area contributed by atoms with Crippen LogP contribution in [0.25, 0.3) is 0 Å². The fraction of sp³-hybridized carbons (Fsp3) is 0.312. The van der Waals surface area contributed by atoms with Gasteiger partial charge in [-0.25, -0.2) is 17.9 Å². The molecule has 2 aromatic rings. The van der Waals surface area contributed by atoms with Gasteiger partial charge in [-0.2, -0.15) is 0 Å². The van der Waals surface area contributed by atoms with E-state index in [1.54, 1.807) is 0 Å². The topological polar surface area (TPSA) is 83.5 Å². The molecule has 0 unspecified atom stereocenters. The van der Waals surface area contributed by atoms with Crippen LogP contribution in [-0.2, 0) is 16.4 Å². The average molecular weight is 353 g/mol. The number of nitrogens with one attached hydrogen (secondary N) is 1. The van der Waals surface area contributed by atoms with Crippen molar-refractivity contribution in [2.45, 2.75) is 31.1 Å². The molecule has 0 aliphatic carbocycles. The molecular weight excluding hydrogens is 334 g/mol. The number of hydrogen-bond donors (Lipinski definition) is 2. The van der Waals surface area contributed by atoms with E-state index >= 15 is 0 Å². The van der Waals surface area contributed by atoms with Gasteiger partial charge in [0.1, 0.15) is 9.77 Å². The lowest BCUT2D eigenvalue weighted by Crippen LogP contribution is -2.26. The van der Waals surface area contributed by atoms with Crippen LogP contribution >= 0.6 is 11.3 Å². The normalized spacial score (nSPS) is 11.8. The van der Waals surface area contributed by atoms with E-state index in [9.17, 15) is 13.2 Å². The van der Waals surface area contributed by atoms with Crippen molar-refractivity contribution in [1.29, 1.82) is 0 Å². The zero-order valence-electron chi connectivity index (χ0n) is 12.9. The summed E-state index contributed by atoms with van der Waals surface area (Å²) in [5.41, 5.74) is 2.26. The Labute approximate surface area is 140 Å². The summed E-state index contributed by atoms with van der Waals surface area (Å²) in [6, 6.07) is 9.35. The molecule has 23 heavy (non-hydrogen) atoms. The van der Waals surface area contributed by atoms with Gasteiger partial charge < -0.3 is 5.11 Å². The first kappa shape index (κ1) is 17.7. The van der Waals surface area contributed by atoms with Gasteiger partial charge in [0.2, 0.25) is 10.0 Å². The number of sulfonamides is 1. The van der Waals surface area contributed by atoms with Crippen LogP contribution in [0, 0.1) is 0 Å². The van der Waals surface area contributed by atoms with Crippen LogP contribution < -0.4 is 4.72 Å². The minimum absolute atomic E-state index is 0.168. The molecule has 0 saturated carbocycles. The maximum absolute atomic E-state index is 12.2. The van der Waals surface area contributed by atoms with Gasteiger partial charge >= 0.3 is 5.97 Å². The highest BCUT2D eigenvalue weighted by atomic mass is 32.2. The third kappa shape index (κ3) is 4.40. The van der Waals surface area contributed by atoms with Gasteiger partial charge in [-0.05, 0) is 34.9 Å². The van der Waals surface area contributed by atoms with E-state index in [-0.39, 0.29) is 16.3 Å². The first-order valence-electron chi connectivity index (χ1n) is 7.20. The van der Waals surface area contributed by atoms with E-state index in [1.807, 2.05) is 24.3 Å². The molecule has 2 N–H and O–H groups in total. The van der Waals surface area contributed by atoms with E-state index in [2.05, 4.69) is 18.6 Å². The minimum Gasteiger partial charge on any atom is -0.477 e. The van der Waals surface area contributed by atoms with Crippen LogP contribution in [0.4, 0.5) is 0 Å². The standard InChI is InChI=1S/C16H19NO4S2/c1-11(2)13-5-3-12(4-6-13)7-9-17-23(20,21)14-8-10-22-15(14)16(18)19/h3-6,8,10-11,17H,7,9H2,1-2H3,(H,18,19). The highest BCUT2D eigenvalue weighted by molar-refractivity contribution is 7.89. The molecule has 0 saturated heterocycles. The molecule has 1 heterocycles. The summed E-state index contributed by atoms with van der Waals surface area (Å²) in [6.07, 6.45) is 0.546. The van der Waals surface area contributed by atoms with E-state index in [4.69, 9.17) is 5.11 Å². The number of carboxylic acids is 1. The van der Waals surface area contributed by atoms with Crippen molar-refractivity contribution in [3.05, 3.63) is 51.7 Å². The monoisotopic (exact) mass is 353 g/mol. The molecule has 0 aliphatic heterocycles. The third-order valence-electron chi connectivity index (χ3n) is 3.47. The maximum atomic E-state index is 12.2. The Morgan fingerprint density at radius 3 is 2.43 bits per heavy atom. The number of carbonyl (C=O) groups is 1. The lowest BCUT2D eigenvalue weighted by molar-refractivity contribution is 0.0698. The number of thiophene rings is 1. The second-order valence-corrected chi connectivity index (χ2v) is 8.11. The van der Waals surface area contributed by atoms with Gasteiger partial charge in [0.15, 0.2) is 0 Å². The Morgan fingerprint density at radius 2 is 1.87 bits per heavy atom. The Bertz CT molecular complexity index is 777. The lowest BCUT2D eigenvalue weighted by Gasteiger charge is -2.08. The molecule has 0 radical (unpaired) electrons. The first-order valence-corrected chi connectivity index (χ1v) is 9.57. The summed E-state index contributed by atoms with van der Waals surface area (Å²) in [6.45, 7) is 4.45. The maximum Gasteiger partial charge on any atom is 0.347 e. The van der Waals surface area contributed by atoms with Crippen LogP contribution in [0.5, 0.6) is 0 Å². The van der Waals surface area contributed by atoms with Crippen molar-refractivity contribution in [3.63, 3.8) is 0 Å². The van der Waals surface area contributed by atoms with Crippen LogP contribution in [0.2, 0.25) is 0 Å². The summed E-state index contributed by atoms with van der Waals surface area (Å²) in [7, 11) is -3.80. The highest BCUT2D eigenvalue weighted by Crippen LogP contribution is 2.21. The number of benzene rings is 1. The molecule has 2 rings (SSSR count). The molecule has 0 amide bonds. The van der Waals surface area contributed by atoms with E-state index in [0.717, 1.165) is 16.9 Å². The molecule has 124 valence electrons. The quantitative estimate of drug-likeness (QED) is 0.801. The number of rotatable bonds is 7. The summed E-state index contributed by atoms with van der Waals surface area (Å²) < 4.78 is 26.8. The van der Waals surface area contributed by atoms with Crippen molar-refractivity contribution in [2.75, 3.05) is 6.54 Å². The number of aromatic carboxylic acids is 1. The summed E-state index contributed by atoms with van der Waals surface area (Å²) in [5, 5.41) is 10.5. The average Bonchev–Trinajstić information content (AvgIpc) is 2.98. The second-order valence-electron chi connectivity index (χ2n) is 5.46. The zero-order chi connectivity index (χ0) is 17.0. The molecule has 7 heteroatoms. The van der Waals surface area contributed by atoms with Crippen LogP contribution in [0.3, 0.4) is 0 Å². The molecule has 0 fully saturated rings. The third-order valence-corrected chi connectivity index (χ3v) is 6.00. The van der Waals surface area contributed by atoms with Crippen LogP contribution in [0.1, 0.15) is 40.6 Å². The SMILES string of the molecule is CC(C)c1ccc(CCNS(=O)(=O)c2ccsc2C(=O)O)cc1. The molecule has 0 aliphatic rings. The first-order chi connectivity index (χ1) is 10.8. The van der Waals surface area contributed by atoms with Crippen LogP contribution in [-0.4, -0.2) is 26.0 Å². The molecule has 0 bridgehead atoms. The lowest BCUT2D eigenvalue weighted by atomic mass is 10.0. The van der Waals surface area contributed by atoms with Crippen molar-refractivity contribution in [1.82, 2.24) is 4.72 Å². The van der Waals surface area contributed by atoms with Gasteiger partial charge in [0.05, 0.1) is 0 Å². The van der Waals surface area contributed by atoms with Crippen molar-refractivity contribution >= 4 is 27.3 Å². The number of carboxylic acid groups (broad SMARTS) is 1. The smallest absolute Gasteiger partial charge is 0.347 e. The van der Waals surface area contributed by atoms with Crippen LogP contribution in [0.15, 0.2) is 40.6 Å². The molecular formula is C16H19NO4S2. The van der Waals surface area contributed by atoms with Gasteiger partial charge in [-0.3, -0.25) is 0 Å². The Kier molecular flexibility index (Phi) is 5.56. The highest BCUT2D eigenvalue weighted by Gasteiger charge is 2.23. The van der Waals surface area contributed by atoms with Crippen molar-refractivity contribution < 1.29 is 18.3 Å². The van der Waals surface area contributed by atoms with Crippen molar-refractivity contribution in [2.24, 2.45) is 0 Å². The molecule has 5 nitrogen and oxygen atoms in total. The van der Waals surface area contributed by atoms with E-state index in [1.165, 1.54) is 17.0 Å². The predicted octanol–water partition coefficient (Wildman–Crippen LogP) is 3.09. The zero-order valence-corrected chi connectivity index (χ0v) is 14.6. The molecule has 0 atom stereocenters. The van der Waals surface area contributed by atoms with E-state index in [0.29, 0.717) is 12.3 Å².